The van der Waals surface area contributed by atoms with Gasteiger partial charge in [0.05, 0.1) is 12.6 Å². The molecule has 2 aliphatic carbocycles. The molecule has 4 nitrogen and oxygen atoms in total. The molecule has 1 aromatic carbocycles. The molecule has 0 aliphatic heterocycles. The van der Waals surface area contributed by atoms with Crippen LogP contribution in [0.15, 0.2) is 42.6 Å². The third-order valence-electron chi connectivity index (χ3n) is 5.26. The minimum Gasteiger partial charge on any atom is -0.495 e. The van der Waals surface area contributed by atoms with Crippen molar-refractivity contribution in [2.45, 2.75) is 19.4 Å². The predicted molar refractivity (Wildman–Crippen MR) is 90.3 cm³/mol. The van der Waals surface area contributed by atoms with Crippen molar-refractivity contribution in [2.24, 2.45) is 17.8 Å². The fourth-order valence-electron chi connectivity index (χ4n) is 4.11. The summed E-state index contributed by atoms with van der Waals surface area (Å²) in [6.45, 7) is 1.13. The van der Waals surface area contributed by atoms with Gasteiger partial charge in [-0.2, -0.15) is 0 Å². The third-order valence-corrected chi connectivity index (χ3v) is 5.26. The number of methoxy groups -OCH3 is 1. The van der Waals surface area contributed by atoms with E-state index in [0.717, 1.165) is 29.1 Å². The molecule has 0 saturated heterocycles. The SMILES string of the molecule is COc1cccc2ccn(CC(=O)NC[C@H]3C[C@@H]4C=C[C@@H]3C4)c12. The number of carbonyl (C=O) groups excluding carboxylic acids is 1. The first-order valence-corrected chi connectivity index (χ1v) is 8.31. The lowest BCUT2D eigenvalue weighted by Crippen LogP contribution is -2.33. The van der Waals surface area contributed by atoms with Crippen LogP contribution in [0.2, 0.25) is 0 Å². The summed E-state index contributed by atoms with van der Waals surface area (Å²) in [5, 5.41) is 4.21. The normalized spacial score (nSPS) is 25.2. The number of rotatable bonds is 5. The Bertz CT molecular complexity index is 762. The summed E-state index contributed by atoms with van der Waals surface area (Å²) < 4.78 is 7.39. The number of allylic oxidation sites excluding steroid dienone is 2. The number of fused-ring (bicyclic) bond motifs is 3. The van der Waals surface area contributed by atoms with Gasteiger partial charge in [-0.25, -0.2) is 0 Å². The molecule has 1 heterocycles. The molecule has 1 N–H and O–H groups in total. The van der Waals surface area contributed by atoms with Crippen molar-refractivity contribution >= 4 is 16.8 Å². The summed E-state index contributed by atoms with van der Waals surface area (Å²) in [5.74, 6) is 2.91. The van der Waals surface area contributed by atoms with Gasteiger partial charge in [-0.05, 0) is 42.7 Å². The Morgan fingerprint density at radius 3 is 2.96 bits per heavy atom. The van der Waals surface area contributed by atoms with Crippen LogP contribution < -0.4 is 10.1 Å². The second-order valence-corrected chi connectivity index (χ2v) is 6.69. The Morgan fingerprint density at radius 2 is 2.22 bits per heavy atom. The van der Waals surface area contributed by atoms with E-state index in [0.29, 0.717) is 18.4 Å². The predicted octanol–water partition coefficient (Wildman–Crippen LogP) is 2.98. The van der Waals surface area contributed by atoms with Crippen molar-refractivity contribution in [3.05, 3.63) is 42.6 Å². The lowest BCUT2D eigenvalue weighted by atomic mass is 9.94. The quantitative estimate of drug-likeness (QED) is 0.863. The van der Waals surface area contributed by atoms with Crippen LogP contribution in [0.25, 0.3) is 10.9 Å². The van der Waals surface area contributed by atoms with Crippen molar-refractivity contribution < 1.29 is 9.53 Å². The van der Waals surface area contributed by atoms with Crippen LogP contribution in [0.4, 0.5) is 0 Å². The highest BCUT2D eigenvalue weighted by molar-refractivity contribution is 5.87. The fourth-order valence-corrected chi connectivity index (χ4v) is 4.11. The Morgan fingerprint density at radius 1 is 1.30 bits per heavy atom. The van der Waals surface area contributed by atoms with E-state index in [9.17, 15) is 4.79 Å². The standard InChI is InChI=1S/C19H22N2O2/c1-23-17-4-2-3-14-7-8-21(19(14)17)12-18(22)20-11-16-10-13-5-6-15(16)9-13/h2-8,13,15-16H,9-12H2,1H3,(H,20,22)/t13-,15-,16-/m1/s1. The molecular formula is C19H22N2O2. The maximum absolute atomic E-state index is 12.3. The highest BCUT2D eigenvalue weighted by Gasteiger charge is 2.35. The first-order chi connectivity index (χ1) is 11.2. The van der Waals surface area contributed by atoms with Gasteiger partial charge in [0.2, 0.25) is 5.91 Å². The first-order valence-electron chi connectivity index (χ1n) is 8.31. The van der Waals surface area contributed by atoms with Gasteiger partial charge in [-0.1, -0.05) is 24.3 Å². The molecule has 2 aromatic rings. The Labute approximate surface area is 136 Å². The Hall–Kier alpha value is -2.23. The summed E-state index contributed by atoms with van der Waals surface area (Å²) in [5.41, 5.74) is 0.980. The number of nitrogens with one attached hydrogen (secondary N) is 1. The molecule has 23 heavy (non-hydrogen) atoms. The van der Waals surface area contributed by atoms with Gasteiger partial charge in [0.25, 0.3) is 0 Å². The summed E-state index contributed by atoms with van der Waals surface area (Å²) in [6, 6.07) is 7.95. The average molecular weight is 310 g/mol. The molecule has 1 saturated carbocycles. The summed E-state index contributed by atoms with van der Waals surface area (Å²) in [6.07, 6.45) is 9.12. The van der Waals surface area contributed by atoms with Gasteiger partial charge < -0.3 is 14.6 Å². The molecule has 4 rings (SSSR count). The van der Waals surface area contributed by atoms with Crippen molar-refractivity contribution in [3.8, 4) is 5.75 Å². The van der Waals surface area contributed by atoms with Gasteiger partial charge in [0.15, 0.2) is 0 Å². The number of nitrogens with zero attached hydrogens (tertiary/aromatic N) is 1. The smallest absolute Gasteiger partial charge is 0.239 e. The van der Waals surface area contributed by atoms with E-state index in [-0.39, 0.29) is 5.91 Å². The van der Waals surface area contributed by atoms with E-state index in [1.165, 1.54) is 12.8 Å². The number of amides is 1. The number of para-hydroxylation sites is 1. The van der Waals surface area contributed by atoms with E-state index < -0.39 is 0 Å². The van der Waals surface area contributed by atoms with Gasteiger partial charge in [0, 0.05) is 18.1 Å². The Kier molecular flexibility index (Phi) is 3.60. The molecule has 4 heteroatoms. The largest absolute Gasteiger partial charge is 0.495 e. The molecule has 1 aromatic heterocycles. The van der Waals surface area contributed by atoms with Crippen LogP contribution >= 0.6 is 0 Å². The zero-order valence-electron chi connectivity index (χ0n) is 13.4. The lowest BCUT2D eigenvalue weighted by molar-refractivity contribution is -0.121. The van der Waals surface area contributed by atoms with Crippen LogP contribution in [0.1, 0.15) is 12.8 Å². The van der Waals surface area contributed by atoms with Crippen molar-refractivity contribution in [3.63, 3.8) is 0 Å². The number of hydrogen-bond acceptors (Lipinski definition) is 2. The molecule has 0 radical (unpaired) electrons. The van der Waals surface area contributed by atoms with Crippen LogP contribution in [0.5, 0.6) is 5.75 Å². The molecular weight excluding hydrogens is 288 g/mol. The fraction of sp³-hybridized carbons (Fsp3) is 0.421. The summed E-state index contributed by atoms with van der Waals surface area (Å²) in [7, 11) is 1.66. The van der Waals surface area contributed by atoms with Gasteiger partial charge in [-0.15, -0.1) is 0 Å². The molecule has 2 aliphatic rings. The second kappa shape index (κ2) is 5.76. The van der Waals surface area contributed by atoms with Crippen LogP contribution in [-0.2, 0) is 11.3 Å². The molecule has 1 fully saturated rings. The topological polar surface area (TPSA) is 43.3 Å². The van der Waals surface area contributed by atoms with E-state index in [4.69, 9.17) is 4.74 Å². The highest BCUT2D eigenvalue weighted by atomic mass is 16.5. The molecule has 0 spiro atoms. The van der Waals surface area contributed by atoms with E-state index >= 15 is 0 Å². The number of carbonyl (C=O) groups is 1. The van der Waals surface area contributed by atoms with E-state index in [1.807, 2.05) is 35.0 Å². The van der Waals surface area contributed by atoms with Crippen molar-refractivity contribution in [1.29, 1.82) is 0 Å². The summed E-state index contributed by atoms with van der Waals surface area (Å²) in [4.78, 5) is 12.3. The minimum atomic E-state index is 0.0696. The highest BCUT2D eigenvalue weighted by Crippen LogP contribution is 2.42. The maximum atomic E-state index is 12.3. The minimum absolute atomic E-state index is 0.0696. The molecule has 3 atom stereocenters. The zero-order valence-corrected chi connectivity index (χ0v) is 13.4. The number of ether oxygens (including phenoxy) is 1. The van der Waals surface area contributed by atoms with Crippen LogP contribution in [-0.4, -0.2) is 24.1 Å². The molecule has 1 amide bonds. The molecule has 2 bridgehead atoms. The van der Waals surface area contributed by atoms with Crippen molar-refractivity contribution in [1.82, 2.24) is 9.88 Å². The van der Waals surface area contributed by atoms with Crippen molar-refractivity contribution in [2.75, 3.05) is 13.7 Å². The molecule has 120 valence electrons. The molecule has 0 unspecified atom stereocenters. The second-order valence-electron chi connectivity index (χ2n) is 6.69. The van der Waals surface area contributed by atoms with Crippen LogP contribution in [0, 0.1) is 17.8 Å². The number of benzene rings is 1. The van der Waals surface area contributed by atoms with E-state index in [1.54, 1.807) is 7.11 Å². The third kappa shape index (κ3) is 2.62. The zero-order chi connectivity index (χ0) is 15.8. The maximum Gasteiger partial charge on any atom is 0.239 e. The van der Waals surface area contributed by atoms with Gasteiger partial charge in [-0.3, -0.25) is 4.79 Å². The lowest BCUT2D eigenvalue weighted by Gasteiger charge is -2.18. The monoisotopic (exact) mass is 310 g/mol. The first kappa shape index (κ1) is 14.4. The van der Waals surface area contributed by atoms with Gasteiger partial charge >= 0.3 is 0 Å². The Balaban J connectivity index is 1.42. The van der Waals surface area contributed by atoms with E-state index in [2.05, 4.69) is 17.5 Å². The van der Waals surface area contributed by atoms with Crippen LogP contribution in [0.3, 0.4) is 0 Å². The number of hydrogen-bond donors (Lipinski definition) is 1. The van der Waals surface area contributed by atoms with Gasteiger partial charge in [0.1, 0.15) is 12.3 Å². The average Bonchev–Trinajstić information content (AvgIpc) is 3.28. The number of aromatic nitrogens is 1. The summed E-state index contributed by atoms with van der Waals surface area (Å²) >= 11 is 0.